The molecule has 8 heteroatoms. The van der Waals surface area contributed by atoms with Crippen molar-refractivity contribution < 1.29 is 18.3 Å². The number of thiazole rings is 1. The van der Waals surface area contributed by atoms with E-state index in [1.165, 1.54) is 11.3 Å². The first-order chi connectivity index (χ1) is 7.39. The molecule has 0 bridgehead atoms. The number of anilines is 1. The molecule has 16 heavy (non-hydrogen) atoms. The van der Waals surface area contributed by atoms with E-state index in [2.05, 4.69) is 9.71 Å². The Morgan fingerprint density at radius 1 is 1.62 bits per heavy atom. The average Bonchev–Trinajstić information content (AvgIpc) is 2.48. The minimum Gasteiger partial charge on any atom is -0.481 e. The molecule has 0 amide bonds. The number of nitrogens with zero attached hydrogens (tertiary/aromatic N) is 1. The Balaban J connectivity index is 2.49. The zero-order chi connectivity index (χ0) is 12.2. The minimum absolute atomic E-state index is 0.0923. The third-order valence-electron chi connectivity index (χ3n) is 1.67. The van der Waals surface area contributed by atoms with Crippen molar-refractivity contribution in [2.45, 2.75) is 19.8 Å². The molecule has 0 fully saturated rings. The van der Waals surface area contributed by atoms with E-state index in [9.17, 15) is 13.2 Å². The number of rotatable bonds is 6. The molecular weight excluding hydrogens is 252 g/mol. The van der Waals surface area contributed by atoms with Crippen molar-refractivity contribution in [3.8, 4) is 0 Å². The van der Waals surface area contributed by atoms with Gasteiger partial charge in [-0.05, 0) is 13.3 Å². The molecule has 0 saturated carbocycles. The predicted molar refractivity (Wildman–Crippen MR) is 61.1 cm³/mol. The molecule has 6 nitrogen and oxygen atoms in total. The molecule has 0 unspecified atom stereocenters. The summed E-state index contributed by atoms with van der Waals surface area (Å²) in [5.74, 6) is -1.21. The van der Waals surface area contributed by atoms with Crippen molar-refractivity contribution in [1.82, 2.24) is 4.98 Å². The molecule has 0 aliphatic carbocycles. The molecular formula is C8H12N2O4S2. The van der Waals surface area contributed by atoms with Crippen molar-refractivity contribution in [3.63, 3.8) is 0 Å². The highest BCUT2D eigenvalue weighted by Gasteiger charge is 2.13. The first kappa shape index (κ1) is 12.9. The van der Waals surface area contributed by atoms with Gasteiger partial charge in [0.05, 0.1) is 5.75 Å². The Labute approximate surface area is 97.4 Å². The van der Waals surface area contributed by atoms with Crippen LogP contribution in [0.15, 0.2) is 6.20 Å². The number of sulfonamides is 1. The van der Waals surface area contributed by atoms with Gasteiger partial charge in [-0.15, -0.1) is 11.3 Å². The fourth-order valence-electron chi connectivity index (χ4n) is 0.999. The summed E-state index contributed by atoms with van der Waals surface area (Å²) >= 11 is 1.24. The molecule has 1 aromatic heterocycles. The lowest BCUT2D eigenvalue weighted by molar-refractivity contribution is -0.137. The lowest BCUT2D eigenvalue weighted by atomic mass is 10.3. The van der Waals surface area contributed by atoms with E-state index in [0.29, 0.717) is 5.13 Å². The van der Waals surface area contributed by atoms with Gasteiger partial charge in [-0.2, -0.15) is 0 Å². The fraction of sp³-hybridized carbons (Fsp3) is 0.500. The van der Waals surface area contributed by atoms with Crippen molar-refractivity contribution in [2.75, 3.05) is 10.5 Å². The van der Waals surface area contributed by atoms with Gasteiger partial charge in [0, 0.05) is 17.5 Å². The zero-order valence-electron chi connectivity index (χ0n) is 8.63. The van der Waals surface area contributed by atoms with E-state index in [4.69, 9.17) is 5.11 Å². The summed E-state index contributed by atoms with van der Waals surface area (Å²) in [5.41, 5.74) is 0. The van der Waals surface area contributed by atoms with Crippen molar-refractivity contribution >= 4 is 32.5 Å². The van der Waals surface area contributed by atoms with Gasteiger partial charge in [-0.25, -0.2) is 13.4 Å². The molecule has 0 atom stereocenters. The summed E-state index contributed by atoms with van der Waals surface area (Å²) < 4.78 is 25.2. The van der Waals surface area contributed by atoms with E-state index in [1.54, 1.807) is 6.20 Å². The second kappa shape index (κ2) is 5.26. The van der Waals surface area contributed by atoms with Gasteiger partial charge in [0.2, 0.25) is 10.0 Å². The van der Waals surface area contributed by atoms with E-state index in [0.717, 1.165) is 4.88 Å². The molecule has 0 saturated heterocycles. The minimum atomic E-state index is -3.48. The Kier molecular flexibility index (Phi) is 4.25. The van der Waals surface area contributed by atoms with Gasteiger partial charge in [0.15, 0.2) is 5.13 Å². The van der Waals surface area contributed by atoms with Crippen LogP contribution in [0.5, 0.6) is 0 Å². The van der Waals surface area contributed by atoms with Gasteiger partial charge in [-0.1, -0.05) is 0 Å². The Morgan fingerprint density at radius 2 is 2.31 bits per heavy atom. The van der Waals surface area contributed by atoms with Crippen molar-refractivity contribution in [3.05, 3.63) is 11.1 Å². The molecule has 0 spiro atoms. The smallest absolute Gasteiger partial charge is 0.303 e. The van der Waals surface area contributed by atoms with Crippen molar-refractivity contribution in [2.24, 2.45) is 0 Å². The van der Waals surface area contributed by atoms with Crippen LogP contribution in [0, 0.1) is 6.92 Å². The van der Waals surface area contributed by atoms with Crippen LogP contribution >= 0.6 is 11.3 Å². The number of carboxylic acid groups (broad SMARTS) is 1. The highest BCUT2D eigenvalue weighted by Crippen LogP contribution is 2.18. The summed E-state index contributed by atoms with van der Waals surface area (Å²) in [5, 5.41) is 8.69. The highest BCUT2D eigenvalue weighted by molar-refractivity contribution is 7.92. The molecule has 2 N–H and O–H groups in total. The second-order valence-corrected chi connectivity index (χ2v) is 6.27. The zero-order valence-corrected chi connectivity index (χ0v) is 10.3. The summed E-state index contributed by atoms with van der Waals surface area (Å²) in [7, 11) is -3.48. The third kappa shape index (κ3) is 4.58. The molecule has 1 heterocycles. The molecule has 0 aliphatic rings. The fourth-order valence-corrected chi connectivity index (χ4v) is 3.01. The number of carbonyl (C=O) groups is 1. The van der Waals surface area contributed by atoms with Gasteiger partial charge >= 0.3 is 5.97 Å². The monoisotopic (exact) mass is 264 g/mol. The van der Waals surface area contributed by atoms with E-state index in [-0.39, 0.29) is 18.6 Å². The van der Waals surface area contributed by atoms with Gasteiger partial charge in [0.1, 0.15) is 0 Å². The molecule has 0 aromatic carbocycles. The van der Waals surface area contributed by atoms with Crippen LogP contribution < -0.4 is 4.72 Å². The lowest BCUT2D eigenvalue weighted by Gasteiger charge is -2.03. The molecule has 1 rings (SSSR count). The maximum Gasteiger partial charge on any atom is 0.303 e. The van der Waals surface area contributed by atoms with Crippen LogP contribution in [-0.2, 0) is 14.8 Å². The van der Waals surface area contributed by atoms with Gasteiger partial charge < -0.3 is 5.11 Å². The number of hydrogen-bond donors (Lipinski definition) is 2. The first-order valence-electron chi connectivity index (χ1n) is 4.54. The van der Waals surface area contributed by atoms with Crippen LogP contribution in [0.4, 0.5) is 5.13 Å². The maximum absolute atomic E-state index is 11.5. The number of hydrogen-bond acceptors (Lipinski definition) is 5. The quantitative estimate of drug-likeness (QED) is 0.800. The van der Waals surface area contributed by atoms with Crippen LogP contribution in [0.25, 0.3) is 0 Å². The van der Waals surface area contributed by atoms with Crippen LogP contribution in [0.3, 0.4) is 0 Å². The number of aromatic nitrogens is 1. The number of aryl methyl sites for hydroxylation is 1. The Hall–Kier alpha value is -1.15. The molecule has 0 radical (unpaired) electrons. The molecule has 1 aromatic rings. The largest absolute Gasteiger partial charge is 0.481 e. The molecule has 90 valence electrons. The van der Waals surface area contributed by atoms with Crippen LogP contribution in [0.1, 0.15) is 17.7 Å². The number of nitrogens with one attached hydrogen (secondary N) is 1. The van der Waals surface area contributed by atoms with Gasteiger partial charge in [-0.3, -0.25) is 9.52 Å². The summed E-state index contributed by atoms with van der Waals surface area (Å²) in [6, 6.07) is 0. The highest BCUT2D eigenvalue weighted by atomic mass is 32.2. The van der Waals surface area contributed by atoms with E-state index >= 15 is 0 Å². The van der Waals surface area contributed by atoms with Crippen molar-refractivity contribution in [1.29, 1.82) is 0 Å². The SMILES string of the molecule is Cc1cnc(NS(=O)(=O)CCCC(=O)O)s1. The predicted octanol–water partition coefficient (Wildman–Crippen LogP) is 1.06. The third-order valence-corrected chi connectivity index (χ3v) is 3.96. The topological polar surface area (TPSA) is 96.4 Å². The van der Waals surface area contributed by atoms with E-state index in [1.807, 2.05) is 6.92 Å². The van der Waals surface area contributed by atoms with E-state index < -0.39 is 16.0 Å². The lowest BCUT2D eigenvalue weighted by Crippen LogP contribution is -2.17. The number of aliphatic carboxylic acids is 1. The maximum atomic E-state index is 11.5. The Morgan fingerprint density at radius 3 is 2.81 bits per heavy atom. The normalized spacial score (nSPS) is 11.3. The van der Waals surface area contributed by atoms with Crippen LogP contribution in [0.2, 0.25) is 0 Å². The summed E-state index contributed by atoms with van der Waals surface area (Å²) in [6.07, 6.45) is 1.51. The second-order valence-electron chi connectivity index (χ2n) is 3.19. The Bertz CT molecular complexity index is 466. The standard InChI is InChI=1S/C8H12N2O4S2/c1-6-5-9-8(15-6)10-16(13,14)4-2-3-7(11)12/h5H,2-4H2,1H3,(H,9,10)(H,11,12). The molecule has 0 aliphatic heterocycles. The first-order valence-corrected chi connectivity index (χ1v) is 7.00. The summed E-state index contributed by atoms with van der Waals surface area (Å²) in [6.45, 7) is 1.82. The summed E-state index contributed by atoms with van der Waals surface area (Å²) in [4.78, 5) is 15.0. The van der Waals surface area contributed by atoms with Crippen LogP contribution in [-0.4, -0.2) is 30.2 Å². The van der Waals surface area contributed by atoms with Gasteiger partial charge in [0.25, 0.3) is 0 Å². The number of carboxylic acids is 1. The average molecular weight is 264 g/mol.